The van der Waals surface area contributed by atoms with Crippen molar-refractivity contribution in [3.63, 3.8) is 0 Å². The van der Waals surface area contributed by atoms with Gasteiger partial charge in [-0.05, 0) is 57.0 Å². The van der Waals surface area contributed by atoms with E-state index in [2.05, 4.69) is 37.9 Å². The first-order valence-corrected chi connectivity index (χ1v) is 7.55. The summed E-state index contributed by atoms with van der Waals surface area (Å²) in [4.78, 5) is 2.75. The Balaban J connectivity index is 1.83. The number of rotatable bonds is 5. The number of nitrogens with zero attached hydrogens (tertiary/aromatic N) is 1. The van der Waals surface area contributed by atoms with Crippen molar-refractivity contribution >= 4 is 0 Å². The maximum Gasteiger partial charge on any atom is 0.00939 e. The summed E-state index contributed by atoms with van der Waals surface area (Å²) < 4.78 is 0. The van der Waals surface area contributed by atoms with Crippen LogP contribution >= 0.6 is 0 Å². The Morgan fingerprint density at radius 1 is 1.35 bits per heavy atom. The third-order valence-electron chi connectivity index (χ3n) is 5.14. The molecule has 1 heterocycles. The molecule has 2 unspecified atom stereocenters. The monoisotopic (exact) mass is 238 g/mol. The van der Waals surface area contributed by atoms with Crippen LogP contribution in [-0.2, 0) is 0 Å². The van der Waals surface area contributed by atoms with Crippen molar-refractivity contribution in [2.75, 3.05) is 19.6 Å². The molecule has 0 amide bonds. The van der Waals surface area contributed by atoms with Crippen LogP contribution in [0.3, 0.4) is 0 Å². The van der Waals surface area contributed by atoms with Gasteiger partial charge < -0.3 is 5.32 Å². The predicted molar refractivity (Wildman–Crippen MR) is 74.2 cm³/mol. The lowest BCUT2D eigenvalue weighted by atomic mass is 9.89. The molecule has 0 aromatic rings. The predicted octanol–water partition coefficient (Wildman–Crippen LogP) is 2.89. The Morgan fingerprint density at radius 2 is 2.06 bits per heavy atom. The fourth-order valence-electron chi connectivity index (χ4n) is 3.41. The van der Waals surface area contributed by atoms with E-state index in [4.69, 9.17) is 0 Å². The smallest absolute Gasteiger partial charge is 0.00939 e. The highest BCUT2D eigenvalue weighted by Gasteiger charge is 2.47. The van der Waals surface area contributed by atoms with E-state index in [0.29, 0.717) is 5.41 Å². The maximum absolute atomic E-state index is 3.61. The average Bonchev–Trinajstić information content (AvgIpc) is 3.04. The van der Waals surface area contributed by atoms with Gasteiger partial charge in [0.05, 0.1) is 0 Å². The minimum absolute atomic E-state index is 0.680. The van der Waals surface area contributed by atoms with Gasteiger partial charge in [0, 0.05) is 18.6 Å². The van der Waals surface area contributed by atoms with E-state index in [1.54, 1.807) is 0 Å². The molecule has 2 nitrogen and oxygen atoms in total. The Bertz CT molecular complexity index is 245. The number of piperidine rings is 1. The van der Waals surface area contributed by atoms with Gasteiger partial charge in [-0.25, -0.2) is 0 Å². The highest BCUT2D eigenvalue weighted by atomic mass is 15.2. The van der Waals surface area contributed by atoms with Gasteiger partial charge in [0.1, 0.15) is 0 Å². The van der Waals surface area contributed by atoms with Crippen molar-refractivity contribution in [3.05, 3.63) is 0 Å². The summed E-state index contributed by atoms with van der Waals surface area (Å²) in [6.07, 6.45) is 5.60. The Hall–Kier alpha value is -0.0800. The molecule has 0 aromatic carbocycles. The van der Waals surface area contributed by atoms with Gasteiger partial charge in [-0.15, -0.1) is 0 Å². The number of likely N-dealkylation sites (tertiary alicyclic amines) is 1. The van der Waals surface area contributed by atoms with Crippen molar-refractivity contribution in [1.29, 1.82) is 0 Å². The van der Waals surface area contributed by atoms with E-state index in [-0.39, 0.29) is 0 Å². The van der Waals surface area contributed by atoms with E-state index in [9.17, 15) is 0 Å². The summed E-state index contributed by atoms with van der Waals surface area (Å²) in [6.45, 7) is 13.2. The molecule has 100 valence electrons. The highest BCUT2D eigenvalue weighted by molar-refractivity contribution is 4.99. The first-order chi connectivity index (χ1) is 8.07. The zero-order valence-electron chi connectivity index (χ0n) is 12.1. The van der Waals surface area contributed by atoms with Crippen LogP contribution in [-0.4, -0.2) is 36.6 Å². The van der Waals surface area contributed by atoms with Crippen LogP contribution in [0, 0.1) is 11.3 Å². The molecule has 1 saturated carbocycles. The Morgan fingerprint density at radius 3 is 2.53 bits per heavy atom. The van der Waals surface area contributed by atoms with Gasteiger partial charge >= 0.3 is 0 Å². The lowest BCUT2D eigenvalue weighted by molar-refractivity contribution is 0.0963. The summed E-state index contributed by atoms with van der Waals surface area (Å²) in [6, 6.07) is 1.53. The summed E-state index contributed by atoms with van der Waals surface area (Å²) in [7, 11) is 0. The van der Waals surface area contributed by atoms with E-state index < -0.39 is 0 Å². The molecule has 17 heavy (non-hydrogen) atoms. The molecule has 0 bridgehead atoms. The molecule has 1 N–H and O–H groups in total. The molecule has 0 spiro atoms. The molecule has 1 saturated heterocycles. The molecule has 2 aliphatic rings. The zero-order valence-corrected chi connectivity index (χ0v) is 12.1. The van der Waals surface area contributed by atoms with Crippen LogP contribution in [0.1, 0.15) is 53.4 Å². The molecule has 2 rings (SSSR count). The second kappa shape index (κ2) is 5.27. The second-order valence-corrected chi connectivity index (χ2v) is 6.62. The van der Waals surface area contributed by atoms with Crippen LogP contribution in [0.2, 0.25) is 0 Å². The van der Waals surface area contributed by atoms with E-state index in [0.717, 1.165) is 24.5 Å². The lowest BCUT2D eigenvalue weighted by Gasteiger charge is -2.40. The Kier molecular flexibility index (Phi) is 4.14. The lowest BCUT2D eigenvalue weighted by Crippen LogP contribution is -2.49. The van der Waals surface area contributed by atoms with E-state index >= 15 is 0 Å². The molecular formula is C15H30N2. The standard InChI is InChI=1S/C15H30N2/c1-5-16-14-6-9-17(13(4)10-14)11-15(7-8-15)12(2)3/h12-14,16H,5-11H2,1-4H3. The quantitative estimate of drug-likeness (QED) is 0.792. The first kappa shape index (κ1) is 13.4. The normalized spacial score (nSPS) is 33.0. The van der Waals surface area contributed by atoms with Crippen molar-refractivity contribution in [2.24, 2.45) is 11.3 Å². The second-order valence-electron chi connectivity index (χ2n) is 6.62. The van der Waals surface area contributed by atoms with Crippen LogP contribution in [0.4, 0.5) is 0 Å². The third kappa shape index (κ3) is 3.03. The van der Waals surface area contributed by atoms with Gasteiger partial charge in [0.2, 0.25) is 0 Å². The van der Waals surface area contributed by atoms with Crippen molar-refractivity contribution in [3.8, 4) is 0 Å². The third-order valence-corrected chi connectivity index (χ3v) is 5.14. The number of nitrogens with one attached hydrogen (secondary N) is 1. The van der Waals surface area contributed by atoms with Crippen LogP contribution in [0.15, 0.2) is 0 Å². The van der Waals surface area contributed by atoms with Gasteiger partial charge in [-0.1, -0.05) is 20.8 Å². The first-order valence-electron chi connectivity index (χ1n) is 7.55. The van der Waals surface area contributed by atoms with E-state index in [1.165, 1.54) is 38.8 Å². The summed E-state index contributed by atoms with van der Waals surface area (Å²) in [5.74, 6) is 0.862. The summed E-state index contributed by atoms with van der Waals surface area (Å²) in [5, 5.41) is 3.61. The minimum Gasteiger partial charge on any atom is -0.314 e. The van der Waals surface area contributed by atoms with Gasteiger partial charge in [-0.2, -0.15) is 0 Å². The van der Waals surface area contributed by atoms with Crippen LogP contribution in [0.25, 0.3) is 0 Å². The van der Waals surface area contributed by atoms with Crippen LogP contribution < -0.4 is 5.32 Å². The molecule has 2 atom stereocenters. The highest BCUT2D eigenvalue weighted by Crippen LogP contribution is 2.52. The van der Waals surface area contributed by atoms with Gasteiger partial charge in [0.15, 0.2) is 0 Å². The van der Waals surface area contributed by atoms with Crippen molar-refractivity contribution < 1.29 is 0 Å². The van der Waals surface area contributed by atoms with Crippen molar-refractivity contribution in [1.82, 2.24) is 10.2 Å². The topological polar surface area (TPSA) is 15.3 Å². The molecule has 1 aliphatic carbocycles. The average molecular weight is 238 g/mol. The minimum atomic E-state index is 0.680. The van der Waals surface area contributed by atoms with Gasteiger partial charge in [-0.3, -0.25) is 4.90 Å². The van der Waals surface area contributed by atoms with Crippen molar-refractivity contribution in [2.45, 2.75) is 65.5 Å². The molecule has 1 aliphatic heterocycles. The number of hydrogen-bond acceptors (Lipinski definition) is 2. The Labute approximate surface area is 107 Å². The molecule has 2 heteroatoms. The summed E-state index contributed by atoms with van der Waals surface area (Å²) >= 11 is 0. The maximum atomic E-state index is 3.61. The largest absolute Gasteiger partial charge is 0.314 e. The zero-order chi connectivity index (χ0) is 12.5. The molecule has 0 aromatic heterocycles. The van der Waals surface area contributed by atoms with Crippen LogP contribution in [0.5, 0.6) is 0 Å². The van der Waals surface area contributed by atoms with Gasteiger partial charge in [0.25, 0.3) is 0 Å². The fraction of sp³-hybridized carbons (Fsp3) is 1.00. The SMILES string of the molecule is CCNC1CCN(CC2(C(C)C)CC2)C(C)C1. The number of hydrogen-bond donors (Lipinski definition) is 1. The van der Waals surface area contributed by atoms with E-state index in [1.807, 2.05) is 0 Å². The molecule has 2 fully saturated rings. The molecule has 0 radical (unpaired) electrons. The molecular weight excluding hydrogens is 208 g/mol. The summed E-state index contributed by atoms with van der Waals surface area (Å²) in [5.41, 5.74) is 0.680. The fourth-order valence-corrected chi connectivity index (χ4v) is 3.41.